The van der Waals surface area contributed by atoms with Gasteiger partial charge in [0, 0.05) is 56.5 Å². The Kier molecular flexibility index (Phi) is 8.71. The normalized spacial score (nSPS) is 16.5. The van der Waals surface area contributed by atoms with Crippen LogP contribution in [0.5, 0.6) is 0 Å². The molecule has 2 heterocycles. The molecule has 1 aromatic carbocycles. The van der Waals surface area contributed by atoms with E-state index in [2.05, 4.69) is 27.2 Å². The monoisotopic (exact) mass is 462 g/mol. The van der Waals surface area contributed by atoms with Crippen molar-refractivity contribution in [2.75, 3.05) is 46.1 Å². The lowest BCUT2D eigenvalue weighted by atomic mass is 9.94. The molecule has 3 rings (SSSR count). The lowest BCUT2D eigenvalue weighted by molar-refractivity contribution is 0.131. The van der Waals surface area contributed by atoms with Crippen molar-refractivity contribution < 1.29 is 4.39 Å². The van der Waals surface area contributed by atoms with Crippen molar-refractivity contribution in [2.24, 2.45) is 4.99 Å². The van der Waals surface area contributed by atoms with E-state index in [1.165, 1.54) is 0 Å². The van der Waals surface area contributed by atoms with Crippen molar-refractivity contribution in [1.82, 2.24) is 20.2 Å². The van der Waals surface area contributed by atoms with Crippen molar-refractivity contribution in [1.29, 1.82) is 0 Å². The van der Waals surface area contributed by atoms with Gasteiger partial charge in [-0.1, -0.05) is 36.9 Å². The van der Waals surface area contributed by atoms with Crippen molar-refractivity contribution >= 4 is 23.2 Å². The van der Waals surface area contributed by atoms with E-state index in [4.69, 9.17) is 4.98 Å². The number of allylic oxidation sites excluding steroid dienone is 4. The number of hydrogen-bond acceptors (Lipinski definition) is 6. The van der Waals surface area contributed by atoms with Crippen LogP contribution in [0.2, 0.25) is 0 Å². The molecular weight excluding hydrogens is 427 g/mol. The van der Waals surface area contributed by atoms with Gasteiger partial charge in [0.25, 0.3) is 0 Å². The highest BCUT2D eigenvalue weighted by Gasteiger charge is 2.31. The summed E-state index contributed by atoms with van der Waals surface area (Å²) in [5.74, 6) is 1.18. The summed E-state index contributed by atoms with van der Waals surface area (Å²) in [4.78, 5) is 15.6. The molecule has 0 saturated carbocycles. The summed E-state index contributed by atoms with van der Waals surface area (Å²) in [6.07, 6.45) is 10.3. The third-order valence-corrected chi connectivity index (χ3v) is 5.82. The molecule has 1 fully saturated rings. The predicted molar refractivity (Wildman–Crippen MR) is 142 cm³/mol. The average molecular weight is 463 g/mol. The first-order chi connectivity index (χ1) is 16.4. The van der Waals surface area contributed by atoms with Crippen LogP contribution in [-0.2, 0) is 0 Å². The molecule has 0 atom stereocenters. The van der Waals surface area contributed by atoms with E-state index in [0.717, 1.165) is 27.8 Å². The highest BCUT2D eigenvalue weighted by molar-refractivity contribution is 6.11. The van der Waals surface area contributed by atoms with Gasteiger partial charge >= 0.3 is 0 Å². The standard InChI is InChI=1S/C27H35FN6/c1-6-20(16-29-3)24-17-31-25(33-26(24)32-19-27(28)11-13-30-14-12-27)23-10-8-9-22(15-23)21(7-2)18-34(4)5/h6-10,15-18,30H,2,11-14,19H2,1,3-5H3,(H,31,32,33)/b20-6+,21-18+,29-16?. The molecule has 0 spiro atoms. The molecule has 6 nitrogen and oxygen atoms in total. The van der Waals surface area contributed by atoms with E-state index in [0.29, 0.717) is 37.6 Å². The van der Waals surface area contributed by atoms with E-state index in [1.807, 2.05) is 68.5 Å². The molecule has 0 radical (unpaired) electrons. The quantitative estimate of drug-likeness (QED) is 0.412. The number of halogens is 1. The second kappa shape index (κ2) is 11.7. The number of aromatic nitrogens is 2. The fourth-order valence-corrected chi connectivity index (χ4v) is 3.96. The number of hydrogen-bond donors (Lipinski definition) is 2. The molecule has 1 aromatic heterocycles. The molecule has 0 aliphatic carbocycles. The lowest BCUT2D eigenvalue weighted by Gasteiger charge is -2.30. The molecule has 0 unspecified atom stereocenters. The molecule has 2 aromatic rings. The Morgan fingerprint density at radius 2 is 2.06 bits per heavy atom. The number of anilines is 1. The second-order valence-corrected chi connectivity index (χ2v) is 8.67. The van der Waals surface area contributed by atoms with Gasteiger partial charge in [0.15, 0.2) is 5.82 Å². The first-order valence-corrected chi connectivity index (χ1v) is 11.6. The summed E-state index contributed by atoms with van der Waals surface area (Å²) >= 11 is 0. The minimum Gasteiger partial charge on any atom is -0.383 e. The summed E-state index contributed by atoms with van der Waals surface area (Å²) in [5.41, 5.74) is 3.31. The minimum atomic E-state index is -1.27. The van der Waals surface area contributed by atoms with Gasteiger partial charge in [0.1, 0.15) is 11.5 Å². The Bertz CT molecular complexity index is 1080. The molecule has 1 saturated heterocycles. The largest absolute Gasteiger partial charge is 0.383 e. The fraction of sp³-hybridized carbons (Fsp3) is 0.370. The van der Waals surface area contributed by atoms with Gasteiger partial charge in [-0.25, -0.2) is 14.4 Å². The smallest absolute Gasteiger partial charge is 0.161 e. The van der Waals surface area contributed by atoms with E-state index >= 15 is 4.39 Å². The Labute approximate surface area is 202 Å². The molecule has 1 aliphatic rings. The maximum atomic E-state index is 15.3. The third-order valence-electron chi connectivity index (χ3n) is 5.82. The van der Waals surface area contributed by atoms with E-state index < -0.39 is 5.67 Å². The van der Waals surface area contributed by atoms with Crippen molar-refractivity contribution in [2.45, 2.75) is 25.4 Å². The van der Waals surface area contributed by atoms with Crippen LogP contribution in [0.15, 0.2) is 60.4 Å². The zero-order valence-electron chi connectivity index (χ0n) is 20.6. The predicted octanol–water partition coefficient (Wildman–Crippen LogP) is 4.84. The zero-order valence-corrected chi connectivity index (χ0v) is 20.6. The van der Waals surface area contributed by atoms with Crippen molar-refractivity contribution in [3.8, 4) is 11.4 Å². The Morgan fingerprint density at radius 1 is 1.29 bits per heavy atom. The fourth-order valence-electron chi connectivity index (χ4n) is 3.96. The average Bonchev–Trinajstić information content (AvgIpc) is 2.85. The lowest BCUT2D eigenvalue weighted by Crippen LogP contribution is -2.43. The maximum absolute atomic E-state index is 15.3. The number of benzene rings is 1. The third kappa shape index (κ3) is 6.38. The van der Waals surface area contributed by atoms with Gasteiger partial charge in [-0.3, -0.25) is 4.99 Å². The Morgan fingerprint density at radius 3 is 2.71 bits per heavy atom. The minimum absolute atomic E-state index is 0.199. The molecular formula is C27H35FN6. The number of piperidine rings is 1. The summed E-state index contributed by atoms with van der Waals surface area (Å²) in [6, 6.07) is 8.04. The molecule has 34 heavy (non-hydrogen) atoms. The molecule has 180 valence electrons. The van der Waals surface area contributed by atoms with Crippen LogP contribution < -0.4 is 10.6 Å². The van der Waals surface area contributed by atoms with Gasteiger partial charge in [-0.05, 0) is 50.1 Å². The molecule has 0 amide bonds. The number of nitrogens with one attached hydrogen (secondary N) is 2. The number of alkyl halides is 1. The zero-order chi connectivity index (χ0) is 24.6. The van der Waals surface area contributed by atoms with Crippen LogP contribution in [-0.4, -0.2) is 67.5 Å². The summed E-state index contributed by atoms with van der Waals surface area (Å²) in [6.45, 7) is 7.45. The van der Waals surface area contributed by atoms with Crippen LogP contribution >= 0.6 is 0 Å². The van der Waals surface area contributed by atoms with E-state index in [1.54, 1.807) is 19.5 Å². The Hall–Kier alpha value is -3.32. The van der Waals surface area contributed by atoms with Crippen LogP contribution in [0.4, 0.5) is 10.2 Å². The number of rotatable bonds is 9. The van der Waals surface area contributed by atoms with Gasteiger partial charge in [-0.2, -0.15) is 0 Å². The number of aliphatic imine (C=N–C) groups is 1. The van der Waals surface area contributed by atoms with Crippen LogP contribution in [0.1, 0.15) is 30.9 Å². The van der Waals surface area contributed by atoms with Gasteiger partial charge in [-0.15, -0.1) is 0 Å². The van der Waals surface area contributed by atoms with Gasteiger partial charge < -0.3 is 15.5 Å². The van der Waals surface area contributed by atoms with Crippen molar-refractivity contribution in [3.63, 3.8) is 0 Å². The highest BCUT2D eigenvalue weighted by atomic mass is 19.1. The molecule has 1 aliphatic heterocycles. The van der Waals surface area contributed by atoms with Crippen molar-refractivity contribution in [3.05, 3.63) is 66.5 Å². The molecule has 0 bridgehead atoms. The summed E-state index contributed by atoms with van der Waals surface area (Å²) in [5, 5.41) is 6.51. The second-order valence-electron chi connectivity index (χ2n) is 8.67. The SMILES string of the molecule is C=C/C(=C\N(C)C)c1cccc(-c2ncc(/C(C=NC)=C/C)c(NCC3(F)CCNCC3)n2)c1. The molecule has 7 heteroatoms. The van der Waals surface area contributed by atoms with E-state index in [9.17, 15) is 0 Å². The first-order valence-electron chi connectivity index (χ1n) is 11.6. The summed E-state index contributed by atoms with van der Waals surface area (Å²) in [7, 11) is 5.68. The maximum Gasteiger partial charge on any atom is 0.161 e. The topological polar surface area (TPSA) is 65.4 Å². The first kappa shape index (κ1) is 25.3. The highest BCUT2D eigenvalue weighted by Crippen LogP contribution is 2.29. The van der Waals surface area contributed by atoms with Gasteiger partial charge in [0.05, 0.1) is 6.54 Å². The number of nitrogens with zero attached hydrogens (tertiary/aromatic N) is 4. The van der Waals surface area contributed by atoms with Crippen LogP contribution in [0, 0.1) is 0 Å². The van der Waals surface area contributed by atoms with Crippen LogP contribution in [0.25, 0.3) is 22.5 Å². The summed E-state index contributed by atoms with van der Waals surface area (Å²) < 4.78 is 15.3. The molecule has 2 N–H and O–H groups in total. The van der Waals surface area contributed by atoms with Gasteiger partial charge in [0.2, 0.25) is 0 Å². The van der Waals surface area contributed by atoms with Crippen LogP contribution in [0.3, 0.4) is 0 Å². The van der Waals surface area contributed by atoms with E-state index in [-0.39, 0.29) is 6.54 Å². The Balaban J connectivity index is 2.00.